The van der Waals surface area contributed by atoms with Gasteiger partial charge in [0.25, 0.3) is 0 Å². The van der Waals surface area contributed by atoms with Gasteiger partial charge in [0.15, 0.2) is 0 Å². The lowest BCUT2D eigenvalue weighted by Gasteiger charge is -2.30. The van der Waals surface area contributed by atoms with Crippen LogP contribution in [0.2, 0.25) is 0 Å². The zero-order valence-corrected chi connectivity index (χ0v) is 12.5. The van der Waals surface area contributed by atoms with Gasteiger partial charge < -0.3 is 10.1 Å². The minimum atomic E-state index is 0.394. The van der Waals surface area contributed by atoms with Gasteiger partial charge in [0.2, 0.25) is 0 Å². The zero-order chi connectivity index (χ0) is 13.7. The molecule has 1 aliphatic rings. The van der Waals surface area contributed by atoms with E-state index in [9.17, 15) is 0 Å². The molecule has 0 spiro atoms. The minimum absolute atomic E-state index is 0.394. The van der Waals surface area contributed by atoms with Crippen LogP contribution >= 0.6 is 0 Å². The lowest BCUT2D eigenvalue weighted by molar-refractivity contribution is 0.0116. The number of benzene rings is 1. The van der Waals surface area contributed by atoms with Crippen molar-refractivity contribution in [2.45, 2.75) is 64.6 Å². The topological polar surface area (TPSA) is 21.3 Å². The van der Waals surface area contributed by atoms with Gasteiger partial charge in [-0.1, -0.05) is 37.6 Å². The van der Waals surface area contributed by atoms with E-state index in [1.165, 1.54) is 24.0 Å². The molecule has 2 heteroatoms. The maximum atomic E-state index is 5.60. The Labute approximate surface area is 117 Å². The fourth-order valence-electron chi connectivity index (χ4n) is 2.86. The van der Waals surface area contributed by atoms with Crippen LogP contribution < -0.4 is 5.32 Å². The van der Waals surface area contributed by atoms with Crippen LogP contribution in [0.25, 0.3) is 0 Å². The lowest BCUT2D eigenvalue weighted by atomic mass is 10.00. The van der Waals surface area contributed by atoms with Gasteiger partial charge in [-0.2, -0.15) is 0 Å². The van der Waals surface area contributed by atoms with E-state index in [1.807, 2.05) is 0 Å². The van der Waals surface area contributed by atoms with Crippen LogP contribution in [0.4, 0.5) is 0 Å². The molecule has 1 aromatic carbocycles. The molecule has 2 rings (SSSR count). The van der Waals surface area contributed by atoms with Gasteiger partial charge in [-0.15, -0.1) is 0 Å². The highest BCUT2D eigenvalue weighted by molar-refractivity contribution is 5.24. The molecule has 0 radical (unpaired) electrons. The van der Waals surface area contributed by atoms with Crippen LogP contribution in [-0.4, -0.2) is 18.8 Å². The monoisotopic (exact) mass is 261 g/mol. The summed E-state index contributed by atoms with van der Waals surface area (Å²) in [6, 6.07) is 10.1. The van der Waals surface area contributed by atoms with Gasteiger partial charge in [-0.3, -0.25) is 0 Å². The summed E-state index contributed by atoms with van der Waals surface area (Å²) in [6.07, 6.45) is 5.04. The third-order valence-corrected chi connectivity index (χ3v) is 3.99. The van der Waals surface area contributed by atoms with Crippen molar-refractivity contribution >= 4 is 0 Å². The smallest absolute Gasteiger partial charge is 0.0561 e. The van der Waals surface area contributed by atoms with E-state index < -0.39 is 0 Å². The second-order valence-corrected chi connectivity index (χ2v) is 5.78. The van der Waals surface area contributed by atoms with Gasteiger partial charge in [-0.05, 0) is 44.2 Å². The van der Waals surface area contributed by atoms with Crippen molar-refractivity contribution in [2.75, 3.05) is 6.61 Å². The summed E-state index contributed by atoms with van der Waals surface area (Å²) in [5.74, 6) is 0. The van der Waals surface area contributed by atoms with E-state index in [1.54, 1.807) is 0 Å². The third kappa shape index (κ3) is 4.32. The van der Waals surface area contributed by atoms with E-state index >= 15 is 0 Å². The Morgan fingerprint density at radius 3 is 2.68 bits per heavy atom. The molecule has 3 atom stereocenters. The summed E-state index contributed by atoms with van der Waals surface area (Å²) in [4.78, 5) is 0. The van der Waals surface area contributed by atoms with Crippen molar-refractivity contribution in [3.8, 4) is 0 Å². The second kappa shape index (κ2) is 7.06. The molecular weight excluding hydrogens is 234 g/mol. The molecular formula is C17H27NO. The Morgan fingerprint density at radius 1 is 1.32 bits per heavy atom. The summed E-state index contributed by atoms with van der Waals surface area (Å²) >= 11 is 0. The van der Waals surface area contributed by atoms with Gasteiger partial charge in [0.1, 0.15) is 0 Å². The van der Waals surface area contributed by atoms with E-state index in [-0.39, 0.29) is 0 Å². The highest BCUT2D eigenvalue weighted by Crippen LogP contribution is 2.19. The summed E-state index contributed by atoms with van der Waals surface area (Å²) in [6.45, 7) is 7.54. The van der Waals surface area contributed by atoms with Crippen molar-refractivity contribution in [2.24, 2.45) is 0 Å². The average molecular weight is 261 g/mol. The maximum Gasteiger partial charge on any atom is 0.0561 e. The number of hydrogen-bond acceptors (Lipinski definition) is 2. The number of hydrogen-bond donors (Lipinski definition) is 1. The summed E-state index contributed by atoms with van der Waals surface area (Å²) in [5, 5.41) is 3.74. The molecule has 1 aliphatic heterocycles. The van der Waals surface area contributed by atoms with Gasteiger partial charge in [0.05, 0.1) is 6.10 Å². The highest BCUT2D eigenvalue weighted by Gasteiger charge is 2.20. The fourth-order valence-corrected chi connectivity index (χ4v) is 2.86. The minimum Gasteiger partial charge on any atom is -0.378 e. The number of nitrogens with one attached hydrogen (secondary N) is 1. The van der Waals surface area contributed by atoms with Crippen LogP contribution in [0.1, 0.15) is 57.2 Å². The molecule has 19 heavy (non-hydrogen) atoms. The molecule has 0 amide bonds. The Balaban J connectivity index is 1.89. The first kappa shape index (κ1) is 14.5. The summed E-state index contributed by atoms with van der Waals surface area (Å²) in [7, 11) is 0. The molecule has 1 saturated heterocycles. The highest BCUT2D eigenvalue weighted by atomic mass is 16.5. The second-order valence-electron chi connectivity index (χ2n) is 5.78. The Hall–Kier alpha value is -0.860. The molecule has 0 bridgehead atoms. The standard InChI is InChI=1S/C17H27NO/c1-4-5-15-6-8-16(9-7-15)14(3)18-17-10-11-19-13(2)12-17/h6-9,13-14,17-18H,4-5,10-12H2,1-3H3. The average Bonchev–Trinajstić information content (AvgIpc) is 2.40. The predicted octanol–water partition coefficient (Wildman–Crippen LogP) is 3.86. The number of ether oxygens (including phenoxy) is 1. The molecule has 1 fully saturated rings. The van der Waals surface area contributed by atoms with E-state index in [4.69, 9.17) is 4.74 Å². The maximum absolute atomic E-state index is 5.60. The Kier molecular flexibility index (Phi) is 5.41. The first-order valence-electron chi connectivity index (χ1n) is 7.65. The normalized spacial score (nSPS) is 25.2. The van der Waals surface area contributed by atoms with Crippen molar-refractivity contribution in [3.63, 3.8) is 0 Å². The van der Waals surface area contributed by atoms with Crippen LogP contribution in [0.3, 0.4) is 0 Å². The van der Waals surface area contributed by atoms with Crippen molar-refractivity contribution in [1.29, 1.82) is 0 Å². The molecule has 106 valence electrons. The van der Waals surface area contributed by atoms with Crippen LogP contribution in [0, 0.1) is 0 Å². The van der Waals surface area contributed by atoms with E-state index in [0.717, 1.165) is 19.4 Å². The largest absolute Gasteiger partial charge is 0.378 e. The first-order valence-corrected chi connectivity index (χ1v) is 7.65. The Morgan fingerprint density at radius 2 is 2.05 bits per heavy atom. The quantitative estimate of drug-likeness (QED) is 0.869. The SMILES string of the molecule is CCCc1ccc(C(C)NC2CCOC(C)C2)cc1. The molecule has 1 aromatic rings. The summed E-state index contributed by atoms with van der Waals surface area (Å²) in [5.41, 5.74) is 2.83. The summed E-state index contributed by atoms with van der Waals surface area (Å²) < 4.78 is 5.60. The van der Waals surface area contributed by atoms with Crippen molar-refractivity contribution in [1.82, 2.24) is 5.32 Å². The zero-order valence-electron chi connectivity index (χ0n) is 12.5. The number of rotatable bonds is 5. The predicted molar refractivity (Wildman–Crippen MR) is 80.4 cm³/mol. The molecule has 1 N–H and O–H groups in total. The first-order chi connectivity index (χ1) is 9.19. The van der Waals surface area contributed by atoms with E-state index in [0.29, 0.717) is 18.2 Å². The van der Waals surface area contributed by atoms with Gasteiger partial charge in [-0.25, -0.2) is 0 Å². The Bertz CT molecular complexity index is 373. The lowest BCUT2D eigenvalue weighted by Crippen LogP contribution is -2.39. The van der Waals surface area contributed by atoms with E-state index in [2.05, 4.69) is 50.4 Å². The van der Waals surface area contributed by atoms with Crippen molar-refractivity contribution in [3.05, 3.63) is 35.4 Å². The third-order valence-electron chi connectivity index (χ3n) is 3.99. The molecule has 0 aliphatic carbocycles. The number of aryl methyl sites for hydroxylation is 1. The molecule has 0 saturated carbocycles. The molecule has 3 unspecified atom stereocenters. The van der Waals surface area contributed by atoms with Crippen molar-refractivity contribution < 1.29 is 4.74 Å². The molecule has 0 aromatic heterocycles. The van der Waals surface area contributed by atoms with Gasteiger partial charge >= 0.3 is 0 Å². The van der Waals surface area contributed by atoms with Crippen LogP contribution in [0.15, 0.2) is 24.3 Å². The van der Waals surface area contributed by atoms with Crippen LogP contribution in [0.5, 0.6) is 0 Å². The van der Waals surface area contributed by atoms with Gasteiger partial charge in [0, 0.05) is 18.7 Å². The fraction of sp³-hybridized carbons (Fsp3) is 0.647. The molecule has 2 nitrogen and oxygen atoms in total. The van der Waals surface area contributed by atoms with Crippen LogP contribution in [-0.2, 0) is 11.2 Å². The molecule has 1 heterocycles.